The van der Waals surface area contributed by atoms with Gasteiger partial charge in [0.05, 0.1) is 19.3 Å². The van der Waals surface area contributed by atoms with Crippen LogP contribution >= 0.6 is 0 Å². The first-order chi connectivity index (χ1) is 10.3. The molecule has 0 aliphatic rings. The van der Waals surface area contributed by atoms with E-state index in [1.165, 1.54) is 0 Å². The SMILES string of the molecule is COc1ccc(OCCc2cccnc2)c(C#CCO)c1. The van der Waals surface area contributed by atoms with E-state index >= 15 is 0 Å². The van der Waals surface area contributed by atoms with E-state index in [0.29, 0.717) is 23.7 Å². The fraction of sp³-hybridized carbons (Fsp3) is 0.235. The molecule has 108 valence electrons. The number of hydrogen-bond acceptors (Lipinski definition) is 4. The van der Waals surface area contributed by atoms with Gasteiger partial charge in [-0.2, -0.15) is 0 Å². The summed E-state index contributed by atoms with van der Waals surface area (Å²) in [6.07, 6.45) is 4.34. The smallest absolute Gasteiger partial charge is 0.135 e. The summed E-state index contributed by atoms with van der Waals surface area (Å²) in [5.74, 6) is 6.88. The molecule has 0 radical (unpaired) electrons. The molecular formula is C17H17NO3. The van der Waals surface area contributed by atoms with Gasteiger partial charge in [0.15, 0.2) is 0 Å². The molecule has 0 unspecified atom stereocenters. The predicted octanol–water partition coefficient (Wildman–Crippen LogP) is 2.06. The highest BCUT2D eigenvalue weighted by Crippen LogP contribution is 2.23. The Morgan fingerprint density at radius 1 is 1.29 bits per heavy atom. The van der Waals surface area contributed by atoms with Gasteiger partial charge >= 0.3 is 0 Å². The van der Waals surface area contributed by atoms with E-state index in [-0.39, 0.29) is 6.61 Å². The van der Waals surface area contributed by atoms with Crippen LogP contribution in [0.4, 0.5) is 0 Å². The Bertz CT molecular complexity index is 629. The number of hydrogen-bond donors (Lipinski definition) is 1. The standard InChI is InChI=1S/C17H17NO3/c1-20-16-6-7-17(15(12-16)5-3-10-19)21-11-8-14-4-2-9-18-13-14/h2,4,6-7,9,12-13,19H,8,10-11H2,1H3. The minimum Gasteiger partial charge on any atom is -0.497 e. The van der Waals surface area contributed by atoms with Crippen LogP contribution in [0.1, 0.15) is 11.1 Å². The normalized spacial score (nSPS) is 9.62. The lowest BCUT2D eigenvalue weighted by molar-refractivity contribution is 0.320. The molecule has 0 aliphatic carbocycles. The molecule has 0 fully saturated rings. The maximum atomic E-state index is 8.82. The number of methoxy groups -OCH3 is 1. The summed E-state index contributed by atoms with van der Waals surface area (Å²) in [5, 5.41) is 8.82. The number of rotatable bonds is 5. The van der Waals surface area contributed by atoms with Crippen LogP contribution in [0.15, 0.2) is 42.7 Å². The highest BCUT2D eigenvalue weighted by atomic mass is 16.5. The van der Waals surface area contributed by atoms with Crippen molar-refractivity contribution in [2.45, 2.75) is 6.42 Å². The van der Waals surface area contributed by atoms with Gasteiger partial charge in [-0.15, -0.1) is 0 Å². The summed E-state index contributed by atoms with van der Waals surface area (Å²) in [5.41, 5.74) is 1.82. The van der Waals surface area contributed by atoms with Crippen molar-refractivity contribution in [2.24, 2.45) is 0 Å². The second-order valence-electron chi connectivity index (χ2n) is 4.28. The van der Waals surface area contributed by atoms with Crippen LogP contribution in [0.5, 0.6) is 11.5 Å². The molecule has 1 aromatic heterocycles. The monoisotopic (exact) mass is 283 g/mol. The van der Waals surface area contributed by atoms with E-state index in [9.17, 15) is 0 Å². The molecule has 2 aromatic rings. The van der Waals surface area contributed by atoms with Gasteiger partial charge in [-0.3, -0.25) is 4.98 Å². The average Bonchev–Trinajstić information content (AvgIpc) is 2.54. The van der Waals surface area contributed by atoms with Crippen LogP contribution in [0.2, 0.25) is 0 Å². The number of benzene rings is 1. The number of aliphatic hydroxyl groups excluding tert-OH is 1. The van der Waals surface area contributed by atoms with E-state index in [1.807, 2.05) is 30.5 Å². The molecular weight excluding hydrogens is 266 g/mol. The molecule has 1 aromatic carbocycles. The fourth-order valence-electron chi connectivity index (χ4n) is 1.82. The van der Waals surface area contributed by atoms with E-state index in [4.69, 9.17) is 14.6 Å². The average molecular weight is 283 g/mol. The third kappa shape index (κ3) is 4.51. The van der Waals surface area contributed by atoms with Crippen molar-refractivity contribution in [1.82, 2.24) is 4.98 Å². The quantitative estimate of drug-likeness (QED) is 0.853. The van der Waals surface area contributed by atoms with Crippen molar-refractivity contribution in [2.75, 3.05) is 20.3 Å². The third-order valence-electron chi connectivity index (χ3n) is 2.86. The summed E-state index contributed by atoms with van der Waals surface area (Å²) in [4.78, 5) is 4.07. The van der Waals surface area contributed by atoms with Gasteiger partial charge in [0.2, 0.25) is 0 Å². The Balaban J connectivity index is 2.04. The molecule has 21 heavy (non-hydrogen) atoms. The summed E-state index contributed by atoms with van der Waals surface area (Å²) >= 11 is 0. The number of pyridine rings is 1. The van der Waals surface area contributed by atoms with Crippen molar-refractivity contribution < 1.29 is 14.6 Å². The Kier molecular flexibility index (Phi) is 5.62. The first-order valence-electron chi connectivity index (χ1n) is 6.63. The van der Waals surface area contributed by atoms with Crippen molar-refractivity contribution in [1.29, 1.82) is 0 Å². The van der Waals surface area contributed by atoms with Gasteiger partial charge in [-0.1, -0.05) is 17.9 Å². The van der Waals surface area contributed by atoms with Gasteiger partial charge in [-0.05, 0) is 29.8 Å². The van der Waals surface area contributed by atoms with Crippen LogP contribution in [-0.2, 0) is 6.42 Å². The molecule has 4 heteroatoms. The lowest BCUT2D eigenvalue weighted by atomic mass is 10.2. The van der Waals surface area contributed by atoms with Crippen LogP contribution in [-0.4, -0.2) is 30.4 Å². The van der Waals surface area contributed by atoms with Crippen LogP contribution in [0.25, 0.3) is 0 Å². The molecule has 0 spiro atoms. The minimum absolute atomic E-state index is 0.188. The van der Waals surface area contributed by atoms with Crippen LogP contribution in [0, 0.1) is 11.8 Å². The maximum Gasteiger partial charge on any atom is 0.135 e. The molecule has 0 bridgehead atoms. The highest BCUT2D eigenvalue weighted by Gasteiger charge is 2.04. The Morgan fingerprint density at radius 2 is 2.19 bits per heavy atom. The lowest BCUT2D eigenvalue weighted by Crippen LogP contribution is -2.03. The van der Waals surface area contributed by atoms with Crippen molar-refractivity contribution >= 4 is 0 Å². The van der Waals surface area contributed by atoms with E-state index in [2.05, 4.69) is 16.8 Å². The van der Waals surface area contributed by atoms with Gasteiger partial charge in [0.1, 0.15) is 18.1 Å². The Morgan fingerprint density at radius 3 is 2.90 bits per heavy atom. The minimum atomic E-state index is -0.188. The molecule has 1 heterocycles. The zero-order valence-electron chi connectivity index (χ0n) is 11.9. The van der Waals surface area contributed by atoms with Crippen LogP contribution < -0.4 is 9.47 Å². The first kappa shape index (κ1) is 14.9. The summed E-state index contributed by atoms with van der Waals surface area (Å²) < 4.78 is 10.9. The number of nitrogens with zero attached hydrogens (tertiary/aromatic N) is 1. The summed E-state index contributed by atoms with van der Waals surface area (Å²) in [6, 6.07) is 9.35. The molecule has 0 amide bonds. The molecule has 4 nitrogen and oxygen atoms in total. The topological polar surface area (TPSA) is 51.6 Å². The van der Waals surface area contributed by atoms with Crippen molar-refractivity contribution in [3.63, 3.8) is 0 Å². The maximum absolute atomic E-state index is 8.82. The predicted molar refractivity (Wildman–Crippen MR) is 80.4 cm³/mol. The highest BCUT2D eigenvalue weighted by molar-refractivity contribution is 5.50. The first-order valence-corrected chi connectivity index (χ1v) is 6.63. The van der Waals surface area contributed by atoms with E-state index < -0.39 is 0 Å². The van der Waals surface area contributed by atoms with Gasteiger partial charge in [0.25, 0.3) is 0 Å². The fourth-order valence-corrected chi connectivity index (χ4v) is 1.82. The molecule has 0 aliphatic heterocycles. The van der Waals surface area contributed by atoms with E-state index in [0.717, 1.165) is 12.0 Å². The van der Waals surface area contributed by atoms with Crippen LogP contribution in [0.3, 0.4) is 0 Å². The number of ether oxygens (including phenoxy) is 2. The van der Waals surface area contributed by atoms with E-state index in [1.54, 1.807) is 19.4 Å². The van der Waals surface area contributed by atoms with Gasteiger partial charge in [0, 0.05) is 18.8 Å². The number of aliphatic hydroxyl groups is 1. The van der Waals surface area contributed by atoms with Crippen molar-refractivity contribution in [3.05, 3.63) is 53.9 Å². The number of aromatic nitrogens is 1. The largest absolute Gasteiger partial charge is 0.497 e. The third-order valence-corrected chi connectivity index (χ3v) is 2.86. The zero-order chi connectivity index (χ0) is 14.9. The molecule has 0 saturated carbocycles. The van der Waals surface area contributed by atoms with Crippen molar-refractivity contribution in [3.8, 4) is 23.3 Å². The Hall–Kier alpha value is -2.51. The molecule has 2 rings (SSSR count). The summed E-state index contributed by atoms with van der Waals surface area (Å²) in [7, 11) is 1.60. The molecule has 1 N–H and O–H groups in total. The van der Waals surface area contributed by atoms with Gasteiger partial charge in [-0.25, -0.2) is 0 Å². The zero-order valence-corrected chi connectivity index (χ0v) is 11.9. The van der Waals surface area contributed by atoms with Gasteiger partial charge < -0.3 is 14.6 Å². The molecule has 0 saturated heterocycles. The summed E-state index contributed by atoms with van der Waals surface area (Å²) in [6.45, 7) is 0.345. The second kappa shape index (κ2) is 7.93. The Labute approximate surface area is 124 Å². The lowest BCUT2D eigenvalue weighted by Gasteiger charge is -2.09. The second-order valence-corrected chi connectivity index (χ2v) is 4.28. The molecule has 0 atom stereocenters.